The maximum Gasteiger partial charge on any atom is 0.0892 e. The van der Waals surface area contributed by atoms with Gasteiger partial charge < -0.3 is 9.84 Å². The molecule has 2 nitrogen and oxygen atoms in total. The first-order valence-corrected chi connectivity index (χ1v) is 4.87. The van der Waals surface area contributed by atoms with Crippen LogP contribution in [-0.4, -0.2) is 24.4 Å². The number of rotatable bonds is 4. The molecule has 1 atom stereocenters. The Morgan fingerprint density at radius 1 is 1.36 bits per heavy atom. The van der Waals surface area contributed by atoms with Crippen LogP contribution in [-0.2, 0) is 11.2 Å². The average molecular weight is 215 g/mol. The highest BCUT2D eigenvalue weighted by Crippen LogP contribution is 2.16. The molecular weight excluding hydrogens is 200 g/mol. The summed E-state index contributed by atoms with van der Waals surface area (Å²) in [7, 11) is 1.58. The van der Waals surface area contributed by atoms with Crippen LogP contribution in [0.3, 0.4) is 0 Å². The van der Waals surface area contributed by atoms with E-state index in [-0.39, 0.29) is 0 Å². The highest BCUT2D eigenvalue weighted by atomic mass is 35.5. The highest BCUT2D eigenvalue weighted by Gasteiger charge is 2.20. The minimum Gasteiger partial charge on any atom is -0.387 e. The van der Waals surface area contributed by atoms with Crippen molar-refractivity contribution in [3.05, 3.63) is 34.9 Å². The fourth-order valence-electron chi connectivity index (χ4n) is 1.40. The van der Waals surface area contributed by atoms with Crippen molar-refractivity contribution in [2.75, 3.05) is 13.7 Å². The van der Waals surface area contributed by atoms with Crippen LogP contribution in [0.25, 0.3) is 0 Å². The van der Waals surface area contributed by atoms with E-state index in [1.54, 1.807) is 14.0 Å². The van der Waals surface area contributed by atoms with Crippen molar-refractivity contribution < 1.29 is 9.84 Å². The summed E-state index contributed by atoms with van der Waals surface area (Å²) in [5.41, 5.74) is 0.235. The van der Waals surface area contributed by atoms with Crippen molar-refractivity contribution in [1.29, 1.82) is 0 Å². The summed E-state index contributed by atoms with van der Waals surface area (Å²) in [5, 5.41) is 10.6. The molecule has 0 fully saturated rings. The third-order valence-electron chi connectivity index (χ3n) is 1.95. The Labute approximate surface area is 89.5 Å². The topological polar surface area (TPSA) is 29.5 Å². The number of hydrogen-bond donors (Lipinski definition) is 1. The van der Waals surface area contributed by atoms with Gasteiger partial charge in [-0.25, -0.2) is 0 Å². The van der Waals surface area contributed by atoms with E-state index in [2.05, 4.69) is 0 Å². The van der Waals surface area contributed by atoms with Crippen molar-refractivity contribution in [2.24, 2.45) is 0 Å². The van der Waals surface area contributed by atoms with Gasteiger partial charge in [-0.3, -0.25) is 0 Å². The van der Waals surface area contributed by atoms with Gasteiger partial charge in [0.15, 0.2) is 0 Å². The molecule has 0 heterocycles. The molecule has 0 aliphatic rings. The van der Waals surface area contributed by atoms with E-state index in [9.17, 15) is 5.11 Å². The molecule has 0 spiro atoms. The molecule has 1 aromatic rings. The lowest BCUT2D eigenvalue weighted by atomic mass is 9.98. The minimum atomic E-state index is -0.817. The molecule has 0 aliphatic carbocycles. The zero-order valence-electron chi connectivity index (χ0n) is 8.46. The molecule has 1 aromatic carbocycles. The summed E-state index contributed by atoms with van der Waals surface area (Å²) < 4.78 is 4.93. The molecule has 0 radical (unpaired) electrons. The zero-order chi connectivity index (χ0) is 10.6. The first-order valence-electron chi connectivity index (χ1n) is 4.49. The average Bonchev–Trinajstić information content (AvgIpc) is 2.08. The molecule has 0 unspecified atom stereocenters. The Balaban J connectivity index is 2.64. The Kier molecular flexibility index (Phi) is 3.93. The number of hydrogen-bond acceptors (Lipinski definition) is 2. The molecule has 0 saturated heterocycles. The maximum atomic E-state index is 9.88. The zero-order valence-corrected chi connectivity index (χ0v) is 9.21. The lowest BCUT2D eigenvalue weighted by Gasteiger charge is -2.22. The lowest BCUT2D eigenvalue weighted by molar-refractivity contribution is -0.0161. The monoisotopic (exact) mass is 214 g/mol. The van der Waals surface area contributed by atoms with Crippen LogP contribution < -0.4 is 0 Å². The Morgan fingerprint density at radius 2 is 1.93 bits per heavy atom. The molecule has 14 heavy (non-hydrogen) atoms. The van der Waals surface area contributed by atoms with Crippen molar-refractivity contribution in [1.82, 2.24) is 0 Å². The van der Waals surface area contributed by atoms with Crippen molar-refractivity contribution in [3.63, 3.8) is 0 Å². The minimum absolute atomic E-state index is 0.329. The maximum absolute atomic E-state index is 9.88. The van der Waals surface area contributed by atoms with Gasteiger partial charge in [-0.1, -0.05) is 23.7 Å². The predicted octanol–water partition coefficient (Wildman–Crippen LogP) is 2.28. The Hall–Kier alpha value is -0.570. The third kappa shape index (κ3) is 3.66. The molecule has 3 heteroatoms. The van der Waals surface area contributed by atoms with Gasteiger partial charge in [0.05, 0.1) is 12.2 Å². The molecular formula is C11H15ClO2. The first-order chi connectivity index (χ1) is 6.53. The van der Waals surface area contributed by atoms with E-state index >= 15 is 0 Å². The molecule has 0 aromatic heterocycles. The van der Waals surface area contributed by atoms with E-state index in [1.807, 2.05) is 24.3 Å². The van der Waals surface area contributed by atoms with Crippen LogP contribution in [0.4, 0.5) is 0 Å². The van der Waals surface area contributed by atoms with E-state index in [1.165, 1.54) is 0 Å². The first kappa shape index (κ1) is 11.5. The van der Waals surface area contributed by atoms with E-state index in [0.717, 1.165) is 5.56 Å². The summed E-state index contributed by atoms with van der Waals surface area (Å²) in [5.74, 6) is 0. The van der Waals surface area contributed by atoms with Crippen LogP contribution in [0.1, 0.15) is 12.5 Å². The summed E-state index contributed by atoms with van der Waals surface area (Å²) >= 11 is 5.76. The second kappa shape index (κ2) is 4.78. The second-order valence-electron chi connectivity index (χ2n) is 3.73. The smallest absolute Gasteiger partial charge is 0.0892 e. The van der Waals surface area contributed by atoms with Crippen LogP contribution >= 0.6 is 11.6 Å². The van der Waals surface area contributed by atoms with Gasteiger partial charge in [-0.2, -0.15) is 0 Å². The second-order valence-corrected chi connectivity index (χ2v) is 4.17. The number of benzene rings is 1. The highest BCUT2D eigenvalue weighted by molar-refractivity contribution is 6.30. The van der Waals surface area contributed by atoms with E-state index in [4.69, 9.17) is 16.3 Å². The number of halogens is 1. The van der Waals surface area contributed by atoms with Gasteiger partial charge in [0.1, 0.15) is 0 Å². The largest absolute Gasteiger partial charge is 0.387 e. The Bertz CT molecular complexity index is 280. The van der Waals surface area contributed by atoms with Gasteiger partial charge >= 0.3 is 0 Å². The fourth-order valence-corrected chi connectivity index (χ4v) is 1.53. The summed E-state index contributed by atoms with van der Waals surface area (Å²) in [6.45, 7) is 2.08. The van der Waals surface area contributed by atoms with Gasteiger partial charge in [0, 0.05) is 18.6 Å². The Morgan fingerprint density at radius 3 is 2.43 bits per heavy atom. The van der Waals surface area contributed by atoms with Crippen molar-refractivity contribution >= 4 is 11.6 Å². The summed E-state index contributed by atoms with van der Waals surface area (Å²) in [6.07, 6.45) is 0.567. The normalized spacial score (nSPS) is 15.1. The lowest BCUT2D eigenvalue weighted by Crippen LogP contribution is -2.32. The molecule has 0 amide bonds. The summed E-state index contributed by atoms with van der Waals surface area (Å²) in [4.78, 5) is 0. The van der Waals surface area contributed by atoms with Gasteiger partial charge in [-0.05, 0) is 24.6 Å². The van der Waals surface area contributed by atoms with Gasteiger partial charge in [0.25, 0.3) is 0 Å². The molecule has 0 saturated carbocycles. The van der Waals surface area contributed by atoms with Gasteiger partial charge in [-0.15, -0.1) is 0 Å². The predicted molar refractivity (Wildman–Crippen MR) is 57.7 cm³/mol. The van der Waals surface area contributed by atoms with Gasteiger partial charge in [0.2, 0.25) is 0 Å². The van der Waals surface area contributed by atoms with Crippen LogP contribution in [0.2, 0.25) is 5.02 Å². The summed E-state index contributed by atoms with van der Waals surface area (Å²) in [6, 6.07) is 7.46. The number of methoxy groups -OCH3 is 1. The molecule has 1 rings (SSSR count). The fraction of sp³-hybridized carbons (Fsp3) is 0.455. The molecule has 0 aliphatic heterocycles. The van der Waals surface area contributed by atoms with Crippen molar-refractivity contribution in [3.8, 4) is 0 Å². The number of aliphatic hydroxyl groups is 1. The quantitative estimate of drug-likeness (QED) is 0.834. The van der Waals surface area contributed by atoms with E-state index in [0.29, 0.717) is 18.1 Å². The molecule has 78 valence electrons. The van der Waals surface area contributed by atoms with Crippen LogP contribution in [0.5, 0.6) is 0 Å². The van der Waals surface area contributed by atoms with E-state index < -0.39 is 5.60 Å². The standard InChI is InChI=1S/C11H15ClO2/c1-11(13,8-14-2)7-9-3-5-10(12)6-4-9/h3-6,13H,7-8H2,1-2H3/t11-/m1/s1. The number of ether oxygens (including phenoxy) is 1. The molecule has 1 N–H and O–H groups in total. The SMILES string of the molecule is COC[C@](C)(O)Cc1ccc(Cl)cc1. The van der Waals surface area contributed by atoms with Crippen LogP contribution in [0.15, 0.2) is 24.3 Å². The van der Waals surface area contributed by atoms with Crippen molar-refractivity contribution in [2.45, 2.75) is 18.9 Å². The third-order valence-corrected chi connectivity index (χ3v) is 2.21. The molecule has 0 bridgehead atoms. The van der Waals surface area contributed by atoms with Crippen LogP contribution in [0, 0.1) is 0 Å².